The van der Waals surface area contributed by atoms with Crippen molar-refractivity contribution in [3.63, 3.8) is 0 Å². The average molecular weight is 491 g/mol. The molecule has 3 heterocycles. The Labute approximate surface area is 209 Å². The van der Waals surface area contributed by atoms with Crippen LogP contribution in [0.25, 0.3) is 11.3 Å². The first-order chi connectivity index (χ1) is 16.9. The average Bonchev–Trinajstić information content (AvgIpc) is 3.50. The van der Waals surface area contributed by atoms with E-state index in [2.05, 4.69) is 46.9 Å². The lowest BCUT2D eigenvalue weighted by molar-refractivity contribution is -0.140. The lowest BCUT2D eigenvalue weighted by Gasteiger charge is -2.19. The molecule has 2 atom stereocenters. The van der Waals surface area contributed by atoms with Gasteiger partial charge in [0.25, 0.3) is 0 Å². The van der Waals surface area contributed by atoms with E-state index in [0.29, 0.717) is 5.13 Å². The van der Waals surface area contributed by atoms with Crippen molar-refractivity contribution in [2.45, 2.75) is 52.5 Å². The number of rotatable bonds is 7. The molecule has 2 fully saturated rings. The normalized spacial score (nSPS) is 19.8. The number of carbonyl (C=O) groups is 3. The molecular formula is C27H30N4O3S. The minimum atomic E-state index is -0.240. The molecule has 1 N–H and O–H groups in total. The standard InChI is InChI=1S/C27H30N4O3S/c1-17-14-22(18(2)31(17)15-19-8-4-3-5-9-19)23-16-35-27(28-23)29-24(32)12-13-30-25(33)20-10-6-7-11-21(20)26(30)34/h3-5,8-9,14,16,20-21H,6-7,10-13,15H2,1-2H3,(H,28,29,32)/t20-,21+. The van der Waals surface area contributed by atoms with Crippen LogP contribution in [0.1, 0.15) is 49.1 Å². The van der Waals surface area contributed by atoms with Crippen molar-refractivity contribution in [2.75, 3.05) is 11.9 Å². The highest BCUT2D eigenvalue weighted by atomic mass is 32.1. The van der Waals surface area contributed by atoms with Crippen LogP contribution in [0.15, 0.2) is 41.8 Å². The van der Waals surface area contributed by atoms with E-state index in [0.717, 1.165) is 54.9 Å². The van der Waals surface area contributed by atoms with Crippen molar-refractivity contribution in [3.05, 3.63) is 58.7 Å². The first kappa shape index (κ1) is 23.5. The largest absolute Gasteiger partial charge is 0.344 e. The third-order valence-corrected chi connectivity index (χ3v) is 8.04. The number of aryl methyl sites for hydroxylation is 1. The van der Waals surface area contributed by atoms with Gasteiger partial charge < -0.3 is 9.88 Å². The summed E-state index contributed by atoms with van der Waals surface area (Å²) in [4.78, 5) is 43.7. The van der Waals surface area contributed by atoms with Gasteiger partial charge in [0, 0.05) is 41.8 Å². The zero-order chi connectivity index (χ0) is 24.5. The molecule has 8 heteroatoms. The fourth-order valence-electron chi connectivity index (χ4n) is 5.37. The summed E-state index contributed by atoms with van der Waals surface area (Å²) in [6.45, 7) is 5.10. The number of thiazole rings is 1. The number of nitrogens with zero attached hydrogens (tertiary/aromatic N) is 3. The second kappa shape index (κ2) is 9.77. The number of hydrogen-bond acceptors (Lipinski definition) is 5. The fourth-order valence-corrected chi connectivity index (χ4v) is 6.10. The maximum atomic E-state index is 12.6. The zero-order valence-corrected chi connectivity index (χ0v) is 20.9. The van der Waals surface area contributed by atoms with Crippen LogP contribution in [0.2, 0.25) is 0 Å². The number of anilines is 1. The molecule has 2 aromatic heterocycles. The quantitative estimate of drug-likeness (QED) is 0.483. The van der Waals surface area contributed by atoms with Gasteiger partial charge in [0.1, 0.15) is 0 Å². The molecule has 1 aromatic carbocycles. The second-order valence-corrected chi connectivity index (χ2v) is 10.4. The van der Waals surface area contributed by atoms with E-state index < -0.39 is 0 Å². The van der Waals surface area contributed by atoms with E-state index in [1.807, 2.05) is 23.6 Å². The molecule has 1 saturated carbocycles. The van der Waals surface area contributed by atoms with Gasteiger partial charge in [-0.25, -0.2) is 4.98 Å². The maximum Gasteiger partial charge on any atom is 0.233 e. The molecule has 0 bridgehead atoms. The lowest BCUT2D eigenvalue weighted by atomic mass is 9.81. The van der Waals surface area contributed by atoms with E-state index >= 15 is 0 Å². The molecule has 0 spiro atoms. The van der Waals surface area contributed by atoms with Gasteiger partial charge in [-0.05, 0) is 38.3 Å². The third kappa shape index (κ3) is 4.67. The second-order valence-electron chi connectivity index (χ2n) is 9.52. The molecule has 7 nitrogen and oxygen atoms in total. The smallest absolute Gasteiger partial charge is 0.233 e. The van der Waals surface area contributed by atoms with Crippen LogP contribution in [0.3, 0.4) is 0 Å². The van der Waals surface area contributed by atoms with Crippen LogP contribution >= 0.6 is 11.3 Å². The Morgan fingerprint density at radius 2 is 1.77 bits per heavy atom. The Morgan fingerprint density at radius 3 is 2.46 bits per heavy atom. The predicted octanol–water partition coefficient (Wildman–Crippen LogP) is 4.78. The highest BCUT2D eigenvalue weighted by Gasteiger charge is 2.47. The fraction of sp³-hybridized carbons (Fsp3) is 0.407. The van der Waals surface area contributed by atoms with Crippen LogP contribution in [-0.2, 0) is 20.9 Å². The number of carbonyl (C=O) groups excluding carboxylic acids is 3. The Hall–Kier alpha value is -3.26. The van der Waals surface area contributed by atoms with Crippen molar-refractivity contribution in [3.8, 4) is 11.3 Å². The van der Waals surface area contributed by atoms with E-state index in [4.69, 9.17) is 0 Å². The number of aromatic nitrogens is 2. The summed E-state index contributed by atoms with van der Waals surface area (Å²) in [6.07, 6.45) is 3.64. The van der Waals surface area contributed by atoms with Gasteiger partial charge in [-0.15, -0.1) is 11.3 Å². The topological polar surface area (TPSA) is 84.3 Å². The van der Waals surface area contributed by atoms with Crippen LogP contribution in [0.4, 0.5) is 5.13 Å². The predicted molar refractivity (Wildman–Crippen MR) is 136 cm³/mol. The summed E-state index contributed by atoms with van der Waals surface area (Å²) in [7, 11) is 0. The highest BCUT2D eigenvalue weighted by molar-refractivity contribution is 7.14. The summed E-state index contributed by atoms with van der Waals surface area (Å²) >= 11 is 1.38. The van der Waals surface area contributed by atoms with Crippen molar-refractivity contribution in [1.82, 2.24) is 14.5 Å². The Morgan fingerprint density at radius 1 is 1.09 bits per heavy atom. The molecular weight excluding hydrogens is 460 g/mol. The molecule has 3 aromatic rings. The van der Waals surface area contributed by atoms with Gasteiger partial charge in [0.2, 0.25) is 17.7 Å². The number of nitrogens with one attached hydrogen (secondary N) is 1. The Kier molecular flexibility index (Phi) is 6.56. The minimum Gasteiger partial charge on any atom is -0.344 e. The summed E-state index contributed by atoms with van der Waals surface area (Å²) < 4.78 is 2.27. The van der Waals surface area contributed by atoms with Crippen molar-refractivity contribution < 1.29 is 14.4 Å². The van der Waals surface area contributed by atoms with Gasteiger partial charge >= 0.3 is 0 Å². The summed E-state index contributed by atoms with van der Waals surface area (Å²) in [5, 5.41) is 5.31. The van der Waals surface area contributed by atoms with Gasteiger partial charge in [0.15, 0.2) is 5.13 Å². The molecule has 0 unspecified atom stereocenters. The molecule has 182 valence electrons. The number of benzene rings is 1. The Bertz CT molecular complexity index is 1240. The SMILES string of the molecule is Cc1cc(-c2csc(NC(=O)CCN3C(=O)[C@H]4CCCC[C@H]4C3=O)n2)c(C)n1Cc1ccccc1. The minimum absolute atomic E-state index is 0.0808. The first-order valence-electron chi connectivity index (χ1n) is 12.2. The number of fused-ring (bicyclic) bond motifs is 1. The van der Waals surface area contributed by atoms with Crippen LogP contribution in [0, 0.1) is 25.7 Å². The van der Waals surface area contributed by atoms with E-state index in [1.54, 1.807) is 0 Å². The van der Waals surface area contributed by atoms with Crippen LogP contribution < -0.4 is 5.32 Å². The summed E-state index contributed by atoms with van der Waals surface area (Å²) in [5.74, 6) is -0.802. The van der Waals surface area contributed by atoms with Gasteiger partial charge in [0.05, 0.1) is 17.5 Å². The number of amides is 3. The zero-order valence-electron chi connectivity index (χ0n) is 20.1. The Balaban J connectivity index is 1.21. The highest BCUT2D eigenvalue weighted by Crippen LogP contribution is 2.38. The monoisotopic (exact) mass is 490 g/mol. The molecule has 35 heavy (non-hydrogen) atoms. The molecule has 1 saturated heterocycles. The first-order valence-corrected chi connectivity index (χ1v) is 13.1. The van der Waals surface area contributed by atoms with Crippen molar-refractivity contribution in [1.29, 1.82) is 0 Å². The molecule has 0 radical (unpaired) electrons. The molecule has 1 aliphatic heterocycles. The van der Waals surface area contributed by atoms with Gasteiger partial charge in [-0.1, -0.05) is 43.2 Å². The number of hydrogen-bond donors (Lipinski definition) is 1. The van der Waals surface area contributed by atoms with Crippen molar-refractivity contribution >= 4 is 34.2 Å². The number of imide groups is 1. The van der Waals surface area contributed by atoms with Crippen LogP contribution in [0.5, 0.6) is 0 Å². The van der Waals surface area contributed by atoms with Crippen molar-refractivity contribution in [2.24, 2.45) is 11.8 Å². The third-order valence-electron chi connectivity index (χ3n) is 7.28. The molecule has 2 aliphatic rings. The van der Waals surface area contributed by atoms with Gasteiger partial charge in [-0.2, -0.15) is 0 Å². The summed E-state index contributed by atoms with van der Waals surface area (Å²) in [6, 6.07) is 12.5. The molecule has 5 rings (SSSR count). The van der Waals surface area contributed by atoms with E-state index in [9.17, 15) is 14.4 Å². The lowest BCUT2D eigenvalue weighted by Crippen LogP contribution is -2.34. The molecule has 3 amide bonds. The maximum absolute atomic E-state index is 12.6. The van der Waals surface area contributed by atoms with Gasteiger partial charge in [-0.3, -0.25) is 19.3 Å². The number of likely N-dealkylation sites (tertiary alicyclic amines) is 1. The van der Waals surface area contributed by atoms with E-state index in [1.165, 1.54) is 21.8 Å². The van der Waals surface area contributed by atoms with E-state index in [-0.39, 0.29) is 42.5 Å². The summed E-state index contributed by atoms with van der Waals surface area (Å²) in [5.41, 5.74) is 5.39. The van der Waals surface area contributed by atoms with Crippen LogP contribution in [-0.4, -0.2) is 38.7 Å². The molecule has 1 aliphatic carbocycles.